The SMILES string of the molecule is O=[N+]([O-])c1c(Cl)cccc1NCC1(O)CCOC1. The molecule has 0 bridgehead atoms. The van der Waals surface area contributed by atoms with Crippen LogP contribution in [0.15, 0.2) is 18.2 Å². The van der Waals surface area contributed by atoms with E-state index in [2.05, 4.69) is 5.32 Å². The summed E-state index contributed by atoms with van der Waals surface area (Å²) < 4.78 is 5.10. The highest BCUT2D eigenvalue weighted by Crippen LogP contribution is 2.32. The number of aliphatic hydroxyl groups is 1. The Morgan fingerprint density at radius 2 is 2.39 bits per heavy atom. The number of ether oxygens (including phenoxy) is 1. The molecule has 18 heavy (non-hydrogen) atoms. The summed E-state index contributed by atoms with van der Waals surface area (Å²) in [6.07, 6.45) is 0.508. The van der Waals surface area contributed by atoms with Gasteiger partial charge in [0.1, 0.15) is 16.3 Å². The van der Waals surface area contributed by atoms with Crippen LogP contribution in [-0.4, -0.2) is 35.4 Å². The number of nitro groups is 1. The molecule has 0 aromatic heterocycles. The highest BCUT2D eigenvalue weighted by molar-refractivity contribution is 6.33. The molecule has 1 saturated heterocycles. The molecule has 1 aliphatic rings. The lowest BCUT2D eigenvalue weighted by Crippen LogP contribution is -2.37. The van der Waals surface area contributed by atoms with E-state index in [0.29, 0.717) is 18.7 Å². The van der Waals surface area contributed by atoms with E-state index >= 15 is 0 Å². The second-order valence-corrected chi connectivity index (χ2v) is 4.68. The lowest BCUT2D eigenvalue weighted by atomic mass is 10.0. The predicted molar refractivity (Wildman–Crippen MR) is 67.0 cm³/mol. The van der Waals surface area contributed by atoms with E-state index < -0.39 is 10.5 Å². The first-order valence-corrected chi connectivity index (χ1v) is 5.86. The lowest BCUT2D eigenvalue weighted by molar-refractivity contribution is -0.383. The number of halogens is 1. The van der Waals surface area contributed by atoms with Gasteiger partial charge >= 0.3 is 5.69 Å². The highest BCUT2D eigenvalue weighted by atomic mass is 35.5. The van der Waals surface area contributed by atoms with Crippen LogP contribution in [0, 0.1) is 10.1 Å². The summed E-state index contributed by atoms with van der Waals surface area (Å²) >= 11 is 5.79. The highest BCUT2D eigenvalue weighted by Gasteiger charge is 2.32. The van der Waals surface area contributed by atoms with Gasteiger partial charge in [-0.25, -0.2) is 0 Å². The van der Waals surface area contributed by atoms with Crippen molar-refractivity contribution in [2.24, 2.45) is 0 Å². The van der Waals surface area contributed by atoms with E-state index in [0.717, 1.165) is 0 Å². The van der Waals surface area contributed by atoms with Crippen molar-refractivity contribution in [3.05, 3.63) is 33.3 Å². The maximum Gasteiger partial charge on any atom is 0.310 e. The third-order valence-corrected chi connectivity index (χ3v) is 3.16. The van der Waals surface area contributed by atoms with Gasteiger partial charge in [-0.05, 0) is 12.1 Å². The van der Waals surface area contributed by atoms with Crippen LogP contribution in [0.1, 0.15) is 6.42 Å². The molecule has 1 aromatic rings. The molecule has 0 radical (unpaired) electrons. The molecule has 2 N–H and O–H groups in total. The zero-order valence-electron chi connectivity index (χ0n) is 9.56. The van der Waals surface area contributed by atoms with Crippen LogP contribution in [0.25, 0.3) is 0 Å². The summed E-state index contributed by atoms with van der Waals surface area (Å²) in [6, 6.07) is 4.63. The molecule has 2 rings (SSSR count). The summed E-state index contributed by atoms with van der Waals surface area (Å²) in [4.78, 5) is 10.4. The number of benzene rings is 1. The van der Waals surface area contributed by atoms with Gasteiger partial charge in [-0.15, -0.1) is 0 Å². The van der Waals surface area contributed by atoms with Crippen LogP contribution in [0.5, 0.6) is 0 Å². The molecule has 1 aliphatic heterocycles. The molecule has 1 fully saturated rings. The topological polar surface area (TPSA) is 84.6 Å². The minimum atomic E-state index is -0.976. The molecule has 0 amide bonds. The predicted octanol–water partition coefficient (Wildman–Crippen LogP) is 1.81. The van der Waals surface area contributed by atoms with Gasteiger partial charge in [0.05, 0.1) is 11.5 Å². The molecule has 1 atom stereocenters. The van der Waals surface area contributed by atoms with Crippen LogP contribution < -0.4 is 5.32 Å². The minimum absolute atomic E-state index is 0.0691. The van der Waals surface area contributed by atoms with Crippen LogP contribution in [0.4, 0.5) is 11.4 Å². The van der Waals surface area contributed by atoms with E-state index in [4.69, 9.17) is 16.3 Å². The van der Waals surface area contributed by atoms with Crippen LogP contribution >= 0.6 is 11.6 Å². The van der Waals surface area contributed by atoms with Crippen molar-refractivity contribution in [1.29, 1.82) is 0 Å². The first-order chi connectivity index (χ1) is 8.52. The average Bonchev–Trinajstić information content (AvgIpc) is 2.73. The number of rotatable bonds is 4. The Bertz CT molecular complexity index is 460. The van der Waals surface area contributed by atoms with E-state index in [1.54, 1.807) is 12.1 Å². The van der Waals surface area contributed by atoms with Crippen molar-refractivity contribution in [2.45, 2.75) is 12.0 Å². The van der Waals surface area contributed by atoms with E-state index in [-0.39, 0.29) is 23.9 Å². The van der Waals surface area contributed by atoms with Gasteiger partial charge in [-0.3, -0.25) is 10.1 Å². The molecule has 1 heterocycles. The zero-order valence-corrected chi connectivity index (χ0v) is 10.3. The second kappa shape index (κ2) is 5.09. The molecular formula is C11H13ClN2O4. The maximum atomic E-state index is 10.9. The minimum Gasteiger partial charge on any atom is -0.386 e. The molecule has 0 spiro atoms. The Hall–Kier alpha value is -1.37. The third-order valence-electron chi connectivity index (χ3n) is 2.86. The third kappa shape index (κ3) is 2.72. The molecule has 0 aliphatic carbocycles. The molecule has 1 unspecified atom stereocenters. The Kier molecular flexibility index (Phi) is 3.70. The van der Waals surface area contributed by atoms with Crippen molar-refractivity contribution in [3.63, 3.8) is 0 Å². The fraction of sp³-hybridized carbons (Fsp3) is 0.455. The molecule has 6 nitrogen and oxygen atoms in total. The largest absolute Gasteiger partial charge is 0.386 e. The molecule has 98 valence electrons. The van der Waals surface area contributed by atoms with Crippen molar-refractivity contribution in [3.8, 4) is 0 Å². The van der Waals surface area contributed by atoms with Crippen molar-refractivity contribution in [1.82, 2.24) is 0 Å². The summed E-state index contributed by atoms with van der Waals surface area (Å²) in [5, 5.41) is 23.9. The van der Waals surface area contributed by atoms with Gasteiger partial charge in [0, 0.05) is 19.6 Å². The normalized spacial score (nSPS) is 23.0. The van der Waals surface area contributed by atoms with Gasteiger partial charge < -0.3 is 15.2 Å². The number of hydrogen-bond donors (Lipinski definition) is 2. The van der Waals surface area contributed by atoms with E-state index in [1.807, 2.05) is 0 Å². The Labute approximate surface area is 109 Å². The maximum absolute atomic E-state index is 10.9. The molecular weight excluding hydrogens is 260 g/mol. The quantitative estimate of drug-likeness (QED) is 0.645. The lowest BCUT2D eigenvalue weighted by Gasteiger charge is -2.21. The van der Waals surface area contributed by atoms with Crippen LogP contribution in [-0.2, 0) is 4.74 Å². The smallest absolute Gasteiger partial charge is 0.310 e. The number of hydrogen-bond acceptors (Lipinski definition) is 5. The van der Waals surface area contributed by atoms with Gasteiger partial charge in [-0.2, -0.15) is 0 Å². The average molecular weight is 273 g/mol. The van der Waals surface area contributed by atoms with Crippen molar-refractivity contribution in [2.75, 3.05) is 25.1 Å². The molecule has 7 heteroatoms. The van der Waals surface area contributed by atoms with Gasteiger partial charge in [0.25, 0.3) is 0 Å². The Morgan fingerprint density at radius 3 is 3.00 bits per heavy atom. The zero-order chi connectivity index (χ0) is 13.2. The number of nitro benzene ring substituents is 1. The van der Waals surface area contributed by atoms with Gasteiger partial charge in [0.15, 0.2) is 0 Å². The number of nitrogens with zero attached hydrogens (tertiary/aromatic N) is 1. The van der Waals surface area contributed by atoms with E-state index in [1.165, 1.54) is 6.07 Å². The Balaban J connectivity index is 2.14. The Morgan fingerprint density at radius 1 is 1.61 bits per heavy atom. The van der Waals surface area contributed by atoms with Gasteiger partial charge in [0.2, 0.25) is 0 Å². The first kappa shape index (κ1) is 13.1. The van der Waals surface area contributed by atoms with Gasteiger partial charge in [-0.1, -0.05) is 17.7 Å². The fourth-order valence-electron chi connectivity index (χ4n) is 1.84. The van der Waals surface area contributed by atoms with Crippen LogP contribution in [0.2, 0.25) is 5.02 Å². The standard InChI is InChI=1S/C11H13ClN2O4/c12-8-2-1-3-9(10(8)14(16)17)13-6-11(15)4-5-18-7-11/h1-3,13,15H,4-7H2. The summed E-state index contributed by atoms with van der Waals surface area (Å²) in [7, 11) is 0. The fourth-order valence-corrected chi connectivity index (χ4v) is 2.08. The van der Waals surface area contributed by atoms with Crippen LogP contribution in [0.3, 0.4) is 0 Å². The summed E-state index contributed by atoms with van der Waals surface area (Å²) in [5.41, 5.74) is -0.856. The summed E-state index contributed by atoms with van der Waals surface area (Å²) in [5.74, 6) is 0. The number of para-hydroxylation sites is 1. The van der Waals surface area contributed by atoms with E-state index in [9.17, 15) is 15.2 Å². The molecule has 0 saturated carbocycles. The second-order valence-electron chi connectivity index (χ2n) is 4.27. The number of nitrogens with one attached hydrogen (secondary N) is 1. The van der Waals surface area contributed by atoms with Crippen molar-refractivity contribution < 1.29 is 14.8 Å². The monoisotopic (exact) mass is 272 g/mol. The molecule has 1 aromatic carbocycles. The van der Waals surface area contributed by atoms with Crippen molar-refractivity contribution >= 4 is 23.0 Å². The number of anilines is 1. The summed E-state index contributed by atoms with van der Waals surface area (Å²) in [6.45, 7) is 0.915. The first-order valence-electron chi connectivity index (χ1n) is 5.49.